The van der Waals surface area contributed by atoms with Gasteiger partial charge in [0.2, 0.25) is 0 Å². The normalized spacial score (nSPS) is 25.9. The lowest BCUT2D eigenvalue weighted by Crippen LogP contribution is -2.54. The Morgan fingerprint density at radius 1 is 1.19 bits per heavy atom. The Hall–Kier alpha value is -1.35. The predicted octanol–water partition coefficient (Wildman–Crippen LogP) is 5.11. The van der Waals surface area contributed by atoms with E-state index in [1.165, 1.54) is 57.2 Å². The average Bonchev–Trinajstić information content (AvgIpc) is 2.68. The number of hydrogen-bond acceptors (Lipinski definition) is 2. The van der Waals surface area contributed by atoms with Gasteiger partial charge >= 0.3 is 0 Å². The number of hydrogen-bond donors (Lipinski definition) is 1. The third-order valence-electron chi connectivity index (χ3n) is 7.42. The number of fused-ring (bicyclic) bond motifs is 2. The minimum Gasteiger partial charge on any atom is -0.355 e. The number of unbranched alkanes of at least 4 members (excludes halogenated alkanes) is 2. The number of benzene rings is 1. The molecule has 1 N–H and O–H groups in total. The fraction of sp³-hybridized carbons (Fsp3) is 0.708. The van der Waals surface area contributed by atoms with Crippen molar-refractivity contribution in [3.05, 3.63) is 35.4 Å². The molecule has 0 aromatic heterocycles. The zero-order valence-corrected chi connectivity index (χ0v) is 17.8. The molecule has 4 rings (SSSR count). The number of nitrogens with zero attached hydrogens (tertiary/aromatic N) is 1. The van der Waals surface area contributed by atoms with Crippen LogP contribution in [0.5, 0.6) is 0 Å². The molecular weight excluding hydrogens is 332 g/mol. The molecule has 3 nitrogen and oxygen atoms in total. The lowest BCUT2D eigenvalue weighted by atomic mass is 9.45. The average molecular weight is 371 g/mol. The fourth-order valence-corrected chi connectivity index (χ4v) is 5.50. The van der Waals surface area contributed by atoms with Gasteiger partial charge in [0.05, 0.1) is 0 Å². The maximum absolute atomic E-state index is 11.8. The molecule has 0 radical (unpaired) electrons. The fourth-order valence-electron chi connectivity index (χ4n) is 5.50. The van der Waals surface area contributed by atoms with Gasteiger partial charge in [0.15, 0.2) is 0 Å². The van der Waals surface area contributed by atoms with Crippen LogP contribution < -0.4 is 5.32 Å². The van der Waals surface area contributed by atoms with Crippen molar-refractivity contribution in [1.29, 1.82) is 0 Å². The third kappa shape index (κ3) is 4.56. The second-order valence-electron chi connectivity index (χ2n) is 9.42. The monoisotopic (exact) mass is 370 g/mol. The van der Waals surface area contributed by atoms with Crippen LogP contribution in [0.15, 0.2) is 24.3 Å². The van der Waals surface area contributed by atoms with Crippen LogP contribution >= 0.6 is 0 Å². The molecule has 3 saturated carbocycles. The van der Waals surface area contributed by atoms with E-state index in [2.05, 4.69) is 43.1 Å². The molecule has 3 heteroatoms. The van der Waals surface area contributed by atoms with Crippen molar-refractivity contribution < 1.29 is 4.79 Å². The molecule has 3 unspecified atom stereocenters. The van der Waals surface area contributed by atoms with Gasteiger partial charge in [0.1, 0.15) is 0 Å². The van der Waals surface area contributed by atoms with Gasteiger partial charge in [-0.15, -0.1) is 0 Å². The Kier molecular flexibility index (Phi) is 6.62. The smallest absolute Gasteiger partial charge is 0.251 e. The first-order valence-corrected chi connectivity index (χ1v) is 11.0. The lowest BCUT2D eigenvalue weighted by molar-refractivity contribution is -0.112. The highest BCUT2D eigenvalue weighted by atomic mass is 16.1. The van der Waals surface area contributed by atoms with Crippen LogP contribution in [0.3, 0.4) is 0 Å². The van der Waals surface area contributed by atoms with Gasteiger partial charge in [0.25, 0.3) is 5.91 Å². The lowest BCUT2D eigenvalue weighted by Gasteiger charge is -2.60. The molecule has 3 atom stereocenters. The molecule has 0 saturated heterocycles. The highest BCUT2D eigenvalue weighted by molar-refractivity contribution is 5.93. The first-order valence-electron chi connectivity index (χ1n) is 11.0. The number of nitrogens with one attached hydrogen (secondary N) is 1. The molecule has 2 bridgehead atoms. The van der Waals surface area contributed by atoms with Crippen LogP contribution in [-0.4, -0.2) is 30.9 Å². The SMILES string of the molecule is CCCCCN(Cc1ccc(C(=O)NC)cc1)CC1CCC2CC1C2(C)C. The molecule has 150 valence electrons. The first kappa shape index (κ1) is 20.4. The summed E-state index contributed by atoms with van der Waals surface area (Å²) in [6.45, 7) is 10.7. The van der Waals surface area contributed by atoms with Gasteiger partial charge in [-0.05, 0) is 73.1 Å². The van der Waals surface area contributed by atoms with Crippen LogP contribution in [0.1, 0.15) is 75.2 Å². The molecule has 3 fully saturated rings. The van der Waals surface area contributed by atoms with E-state index in [4.69, 9.17) is 0 Å². The molecule has 3 aliphatic rings. The van der Waals surface area contributed by atoms with Gasteiger partial charge < -0.3 is 5.32 Å². The van der Waals surface area contributed by atoms with Crippen molar-refractivity contribution in [3.63, 3.8) is 0 Å². The van der Waals surface area contributed by atoms with Crippen molar-refractivity contribution in [3.8, 4) is 0 Å². The van der Waals surface area contributed by atoms with Gasteiger partial charge in [-0.3, -0.25) is 9.69 Å². The Bertz CT molecular complexity index is 620. The minimum absolute atomic E-state index is 0.00896. The topological polar surface area (TPSA) is 32.3 Å². The number of carbonyl (C=O) groups is 1. The molecule has 0 aliphatic heterocycles. The van der Waals surface area contributed by atoms with Crippen LogP contribution in [0.25, 0.3) is 0 Å². The Morgan fingerprint density at radius 3 is 2.52 bits per heavy atom. The number of rotatable bonds is 9. The largest absolute Gasteiger partial charge is 0.355 e. The van der Waals surface area contributed by atoms with Gasteiger partial charge in [-0.25, -0.2) is 0 Å². The molecule has 0 spiro atoms. The quantitative estimate of drug-likeness (QED) is 0.613. The van der Waals surface area contributed by atoms with E-state index in [0.717, 1.165) is 29.9 Å². The molecule has 27 heavy (non-hydrogen) atoms. The van der Waals surface area contributed by atoms with Crippen LogP contribution in [0.2, 0.25) is 0 Å². The van der Waals surface area contributed by atoms with E-state index in [1.807, 2.05) is 12.1 Å². The third-order valence-corrected chi connectivity index (χ3v) is 7.42. The minimum atomic E-state index is -0.00896. The predicted molar refractivity (Wildman–Crippen MR) is 113 cm³/mol. The van der Waals surface area contributed by atoms with E-state index in [0.29, 0.717) is 5.41 Å². The molecule has 1 aromatic carbocycles. The summed E-state index contributed by atoms with van der Waals surface area (Å²) in [7, 11) is 1.68. The summed E-state index contributed by atoms with van der Waals surface area (Å²) in [4.78, 5) is 14.4. The first-order chi connectivity index (χ1) is 13.0. The summed E-state index contributed by atoms with van der Waals surface area (Å²) >= 11 is 0. The molecule has 1 amide bonds. The molecule has 0 heterocycles. The zero-order valence-electron chi connectivity index (χ0n) is 17.8. The van der Waals surface area contributed by atoms with E-state index in [-0.39, 0.29) is 5.91 Å². The zero-order chi connectivity index (χ0) is 19.4. The summed E-state index contributed by atoms with van der Waals surface area (Å²) in [6.07, 6.45) is 8.18. The standard InChI is InChI=1S/C24H38N2O/c1-5-6-7-14-26(16-18-8-10-19(11-9-18)23(27)25-4)17-20-12-13-21-15-22(20)24(21,2)3/h8-11,20-22H,5-7,12-17H2,1-4H3,(H,25,27). The second-order valence-corrected chi connectivity index (χ2v) is 9.42. The van der Waals surface area contributed by atoms with Crippen molar-refractivity contribution >= 4 is 5.91 Å². The summed E-state index contributed by atoms with van der Waals surface area (Å²) in [6, 6.07) is 8.17. The summed E-state index contributed by atoms with van der Waals surface area (Å²) in [5.74, 6) is 2.74. The summed E-state index contributed by atoms with van der Waals surface area (Å²) < 4.78 is 0. The highest BCUT2D eigenvalue weighted by Crippen LogP contribution is 2.61. The van der Waals surface area contributed by atoms with Gasteiger partial charge in [-0.1, -0.05) is 45.7 Å². The summed E-state index contributed by atoms with van der Waals surface area (Å²) in [5.41, 5.74) is 2.63. The van der Waals surface area contributed by atoms with Crippen LogP contribution in [0, 0.1) is 23.2 Å². The molecule has 1 aromatic rings. The highest BCUT2D eigenvalue weighted by Gasteiger charge is 2.54. The Balaban J connectivity index is 1.63. The van der Waals surface area contributed by atoms with E-state index < -0.39 is 0 Å². The van der Waals surface area contributed by atoms with Crippen molar-refractivity contribution in [2.24, 2.45) is 23.2 Å². The van der Waals surface area contributed by atoms with E-state index in [9.17, 15) is 4.79 Å². The van der Waals surface area contributed by atoms with E-state index in [1.54, 1.807) is 7.05 Å². The van der Waals surface area contributed by atoms with Crippen LogP contribution in [0.4, 0.5) is 0 Å². The van der Waals surface area contributed by atoms with Crippen molar-refractivity contribution in [1.82, 2.24) is 10.2 Å². The van der Waals surface area contributed by atoms with Crippen LogP contribution in [-0.2, 0) is 6.54 Å². The Morgan fingerprint density at radius 2 is 1.93 bits per heavy atom. The van der Waals surface area contributed by atoms with E-state index >= 15 is 0 Å². The van der Waals surface area contributed by atoms with Gasteiger partial charge in [-0.2, -0.15) is 0 Å². The maximum atomic E-state index is 11.8. The van der Waals surface area contributed by atoms with Crippen molar-refractivity contribution in [2.75, 3.05) is 20.1 Å². The maximum Gasteiger partial charge on any atom is 0.251 e. The molecular formula is C24H38N2O. The Labute approximate surface area is 165 Å². The molecule has 3 aliphatic carbocycles. The summed E-state index contributed by atoms with van der Waals surface area (Å²) in [5, 5.41) is 2.70. The second kappa shape index (κ2) is 8.77. The van der Waals surface area contributed by atoms with Gasteiger partial charge in [0, 0.05) is 25.7 Å². The van der Waals surface area contributed by atoms with Crippen molar-refractivity contribution in [2.45, 2.75) is 65.8 Å². The number of amides is 1. The number of carbonyl (C=O) groups excluding carboxylic acids is 1.